The number of hydrogen-bond donors (Lipinski definition) is 0. The molecule has 0 aliphatic rings. The number of halogens is 3. The molecule has 0 aliphatic carbocycles. The molecule has 0 bridgehead atoms. The highest BCUT2D eigenvalue weighted by Gasteiger charge is 2.22. The van der Waals surface area contributed by atoms with E-state index in [1.54, 1.807) is 109 Å². The van der Waals surface area contributed by atoms with E-state index in [1.165, 1.54) is 36.4 Å². The van der Waals surface area contributed by atoms with Crippen molar-refractivity contribution in [2.24, 2.45) is 0 Å². The van der Waals surface area contributed by atoms with Crippen LogP contribution < -0.4 is 45.3 Å². The van der Waals surface area contributed by atoms with Crippen molar-refractivity contribution in [3.05, 3.63) is 207 Å². The normalized spacial score (nSPS) is 11.2. The molecule has 21 nitrogen and oxygen atoms in total. The quantitative estimate of drug-likeness (QED) is 0.0113. The van der Waals surface area contributed by atoms with E-state index in [9.17, 15) is 43.2 Å². The van der Waals surface area contributed by atoms with Crippen molar-refractivity contribution >= 4 is 117 Å². The van der Waals surface area contributed by atoms with Gasteiger partial charge in [0.15, 0.2) is 6.10 Å². The number of carbonyl (C=O) groups is 6. The Morgan fingerprint density at radius 2 is 0.571 bits per heavy atom. The Hall–Kier alpha value is -9.39. The van der Waals surface area contributed by atoms with Gasteiger partial charge in [-0.3, -0.25) is 14.4 Å². The molecule has 0 fully saturated rings. The second kappa shape index (κ2) is 42.5. The molecule has 0 radical (unpaired) electrons. The van der Waals surface area contributed by atoms with Crippen molar-refractivity contribution in [1.29, 1.82) is 0 Å². The molecule has 3 heterocycles. The average Bonchev–Trinajstić information content (AvgIpc) is 0.824. The van der Waals surface area contributed by atoms with Crippen LogP contribution in [-0.2, 0) is 28.6 Å². The van der Waals surface area contributed by atoms with E-state index in [0.717, 1.165) is 116 Å². The van der Waals surface area contributed by atoms with Crippen LogP contribution in [0.2, 0.25) is 0 Å². The van der Waals surface area contributed by atoms with Gasteiger partial charge in [-0.2, -0.15) is 0 Å². The van der Waals surface area contributed by atoms with Gasteiger partial charge < -0.3 is 55.9 Å². The molecule has 0 saturated carbocycles. The van der Waals surface area contributed by atoms with Crippen molar-refractivity contribution < 1.29 is 84.7 Å². The van der Waals surface area contributed by atoms with Crippen LogP contribution in [-0.4, -0.2) is 75.0 Å². The van der Waals surface area contributed by atoms with E-state index in [4.69, 9.17) is 55.9 Å². The first-order chi connectivity index (χ1) is 51.0. The summed E-state index contributed by atoms with van der Waals surface area (Å²) in [5.41, 5.74) is 0.355. The van der Waals surface area contributed by atoms with E-state index < -0.39 is 58.8 Å². The molecule has 554 valence electrons. The van der Waals surface area contributed by atoms with Crippen LogP contribution in [0.15, 0.2) is 187 Å². The summed E-state index contributed by atoms with van der Waals surface area (Å²) in [4.78, 5) is 113. The molecule has 0 unspecified atom stereocenters. The van der Waals surface area contributed by atoms with Crippen molar-refractivity contribution in [2.75, 3.05) is 33.0 Å². The van der Waals surface area contributed by atoms with Crippen LogP contribution in [0.25, 0.3) is 32.9 Å². The minimum atomic E-state index is -0.954. The smallest absolute Gasteiger partial charge is 0.344 e. The Balaban J connectivity index is 0.617. The van der Waals surface area contributed by atoms with Crippen molar-refractivity contribution in [1.82, 2.24) is 0 Å². The molecule has 6 aromatic carbocycles. The summed E-state index contributed by atoms with van der Waals surface area (Å²) in [7, 11) is 0. The third-order valence-corrected chi connectivity index (χ3v) is 18.9. The topological polar surface area (TPSA) is 276 Å². The van der Waals surface area contributed by atoms with Gasteiger partial charge in [0.2, 0.25) is 0 Å². The van der Waals surface area contributed by atoms with Crippen LogP contribution in [0.5, 0.6) is 34.5 Å². The molecule has 9 aromatic rings. The Labute approximate surface area is 631 Å². The molecule has 0 amide bonds. The third-order valence-electron chi connectivity index (χ3n) is 16.9. The Morgan fingerprint density at radius 3 is 0.876 bits per heavy atom. The highest BCUT2D eigenvalue weighted by atomic mass is 79.9. The summed E-state index contributed by atoms with van der Waals surface area (Å²) >= 11 is 10.4. The molecule has 105 heavy (non-hydrogen) atoms. The molecular weight excluding hydrogens is 1550 g/mol. The first-order valence-corrected chi connectivity index (χ1v) is 37.9. The Morgan fingerprint density at radius 1 is 0.305 bits per heavy atom. The van der Waals surface area contributed by atoms with Crippen LogP contribution >= 0.6 is 47.8 Å². The Bertz CT molecular complexity index is 4410. The van der Waals surface area contributed by atoms with Crippen molar-refractivity contribution in [3.8, 4) is 34.5 Å². The summed E-state index contributed by atoms with van der Waals surface area (Å²) in [5.74, 6) is -0.529. The first kappa shape index (κ1) is 79.7. The van der Waals surface area contributed by atoms with Crippen LogP contribution in [0.3, 0.4) is 0 Å². The van der Waals surface area contributed by atoms with E-state index in [-0.39, 0.29) is 49.7 Å². The van der Waals surface area contributed by atoms with E-state index in [2.05, 4.69) is 47.8 Å². The lowest BCUT2D eigenvalue weighted by molar-refractivity contribution is -0.167. The predicted octanol–water partition coefficient (Wildman–Crippen LogP) is 18.8. The van der Waals surface area contributed by atoms with Crippen LogP contribution in [0, 0.1) is 0 Å². The maximum Gasteiger partial charge on any atom is 0.344 e. The fourth-order valence-corrected chi connectivity index (χ4v) is 12.8. The van der Waals surface area contributed by atoms with Gasteiger partial charge in [0.25, 0.3) is 0 Å². The molecule has 0 spiro atoms. The first-order valence-electron chi connectivity index (χ1n) is 35.5. The number of unbranched alkanes of at least 4 members (excludes halogenated alkanes) is 18. The highest BCUT2D eigenvalue weighted by Crippen LogP contribution is 2.31. The van der Waals surface area contributed by atoms with Gasteiger partial charge in [0.05, 0.1) is 36.5 Å². The van der Waals surface area contributed by atoms with Gasteiger partial charge in [-0.1, -0.05) is 96.3 Å². The molecule has 0 atom stereocenters. The summed E-state index contributed by atoms with van der Waals surface area (Å²) in [6.45, 7) is 1.02. The fourth-order valence-electron chi connectivity index (χ4n) is 11.3. The number of ether oxygens (including phenoxy) is 9. The van der Waals surface area contributed by atoms with Gasteiger partial charge in [-0.05, 0) is 196 Å². The maximum absolute atomic E-state index is 13.1. The highest BCUT2D eigenvalue weighted by molar-refractivity contribution is 9.11. The van der Waals surface area contributed by atoms with Gasteiger partial charge >= 0.3 is 52.7 Å². The van der Waals surface area contributed by atoms with E-state index in [0.29, 0.717) is 119 Å². The maximum atomic E-state index is 13.1. The molecule has 0 saturated heterocycles. The lowest BCUT2D eigenvalue weighted by atomic mass is 10.1. The summed E-state index contributed by atoms with van der Waals surface area (Å²) in [6, 6.07) is 38.5. The second-order valence-electron chi connectivity index (χ2n) is 25.2. The molecule has 0 aliphatic heterocycles. The largest absolute Gasteiger partial charge is 0.494 e. The average molecular weight is 1630 g/mol. The van der Waals surface area contributed by atoms with Gasteiger partial charge in [0, 0.05) is 85.2 Å². The second-order valence-corrected chi connectivity index (χ2v) is 27.7. The zero-order valence-electron chi connectivity index (χ0n) is 58.1. The van der Waals surface area contributed by atoms with Crippen LogP contribution in [0.4, 0.5) is 0 Å². The number of hydrogen-bond acceptors (Lipinski definition) is 21. The standard InChI is InChI=1S/C81H83Br3O21/c82-67-46-57(34-37-64(67)79(91)100-60-31-25-54-28-40-76(88)103-70(54)49-60)94-43-19-13-7-1-4-10-16-22-73(85)97-52-63(99-75(87)24-18-12-6-3-9-15-21-45-96-59-36-39-66(69(84)48-59)81(93)102-62-33-27-56-30-42-78(90)105-72(56)51-62)53-98-74(86)23-17-11-5-2-8-14-20-44-95-58-35-38-65(68(83)47-58)80(92)101-61-32-26-55-29-41-77(89)104-71(55)50-61/h25-42,46-51,63H,1-24,43-45,52-53H2. The number of carbonyl (C=O) groups excluding carboxylic acids is 6. The predicted molar refractivity (Wildman–Crippen MR) is 404 cm³/mol. The monoisotopic (exact) mass is 1630 g/mol. The lowest BCUT2D eigenvalue weighted by Crippen LogP contribution is -2.30. The number of esters is 6. The van der Waals surface area contributed by atoms with Gasteiger partial charge in [0.1, 0.15) is 64.5 Å². The molecule has 0 N–H and O–H groups in total. The molecular formula is C81H83Br3O21. The van der Waals surface area contributed by atoms with Gasteiger partial charge in [-0.25, -0.2) is 28.8 Å². The number of rotatable bonds is 44. The third kappa shape index (κ3) is 27.2. The SMILES string of the molecule is O=C(CCCCCCCCCOc1ccc(C(=O)Oc2ccc3ccc(=O)oc3c2)c(Br)c1)OCC(COC(=O)CCCCCCCCCOc1ccc(C(=O)Oc2ccc3ccc(=O)oc3c2)c(Br)c1)OC(=O)CCCCCCCCCOc1ccc(C(=O)Oc2ccc3ccc(=O)oc3c2)c(Br)c1. The Kier molecular flexibility index (Phi) is 32.3. The summed E-state index contributed by atoms with van der Waals surface area (Å²) < 4.78 is 68.5. The lowest BCUT2D eigenvalue weighted by Gasteiger charge is -2.18. The minimum Gasteiger partial charge on any atom is -0.494 e. The van der Waals surface area contributed by atoms with E-state index in [1.807, 2.05) is 0 Å². The van der Waals surface area contributed by atoms with Crippen LogP contribution in [0.1, 0.15) is 185 Å². The molecule has 24 heteroatoms. The summed E-state index contributed by atoms with van der Waals surface area (Å²) in [5, 5.41) is 2.11. The summed E-state index contributed by atoms with van der Waals surface area (Å²) in [6.07, 6.45) is 18.0. The molecule has 3 aromatic heterocycles. The number of fused-ring (bicyclic) bond motifs is 3. The van der Waals surface area contributed by atoms with Crippen molar-refractivity contribution in [2.45, 2.75) is 160 Å². The minimum absolute atomic E-state index is 0.164. The van der Waals surface area contributed by atoms with Gasteiger partial charge in [-0.15, -0.1) is 0 Å². The van der Waals surface area contributed by atoms with Crippen molar-refractivity contribution in [3.63, 3.8) is 0 Å². The zero-order chi connectivity index (χ0) is 74.1. The fraction of sp³-hybridized carbons (Fsp3) is 0.370. The zero-order valence-corrected chi connectivity index (χ0v) is 62.9. The molecule has 9 rings (SSSR count). The number of benzene rings is 6. The van der Waals surface area contributed by atoms with E-state index >= 15 is 0 Å².